The summed E-state index contributed by atoms with van der Waals surface area (Å²) in [6.45, 7) is 1.52. The molecule has 0 radical (unpaired) electrons. The maximum atomic E-state index is 6.59. The third kappa shape index (κ3) is 7.94. The topological polar surface area (TPSA) is 46.2 Å². The Kier molecular flexibility index (Phi) is 10.1. The summed E-state index contributed by atoms with van der Waals surface area (Å²) < 4.78 is 32.1. The van der Waals surface area contributed by atoms with Gasteiger partial charge in [-0.05, 0) is 28.8 Å². The van der Waals surface area contributed by atoms with Crippen molar-refractivity contribution in [2.24, 2.45) is 0 Å². The molecular formula is C33H34O5S. The Morgan fingerprint density at radius 1 is 0.513 bits per heavy atom. The summed E-state index contributed by atoms with van der Waals surface area (Å²) in [6, 6.07) is 40.0. The lowest BCUT2D eigenvalue weighted by atomic mass is 9.98. The predicted octanol–water partition coefficient (Wildman–Crippen LogP) is 6.48. The summed E-state index contributed by atoms with van der Waals surface area (Å²) >= 11 is 4.82. The van der Waals surface area contributed by atoms with Crippen molar-refractivity contribution in [3.8, 4) is 5.75 Å². The first-order valence-electron chi connectivity index (χ1n) is 13.2. The molecule has 1 aliphatic rings. The minimum Gasteiger partial charge on any atom is -0.491 e. The highest BCUT2D eigenvalue weighted by atomic mass is 32.1. The lowest BCUT2D eigenvalue weighted by Gasteiger charge is -2.44. The Hall–Kier alpha value is -3.13. The van der Waals surface area contributed by atoms with E-state index in [1.807, 2.05) is 121 Å². The molecule has 1 saturated heterocycles. The Bertz CT molecular complexity index is 1230. The summed E-state index contributed by atoms with van der Waals surface area (Å²) in [5.74, 6) is 0.767. The van der Waals surface area contributed by atoms with Crippen LogP contribution in [0.25, 0.3) is 0 Å². The largest absolute Gasteiger partial charge is 0.491 e. The number of para-hydroxylation sites is 1. The molecule has 5 nitrogen and oxygen atoms in total. The van der Waals surface area contributed by atoms with E-state index in [9.17, 15) is 0 Å². The average molecular weight is 543 g/mol. The predicted molar refractivity (Wildman–Crippen MR) is 155 cm³/mol. The number of ether oxygens (including phenoxy) is 5. The van der Waals surface area contributed by atoms with E-state index < -0.39 is 29.9 Å². The van der Waals surface area contributed by atoms with Crippen LogP contribution in [-0.4, -0.2) is 36.5 Å². The Morgan fingerprint density at radius 2 is 0.923 bits per heavy atom. The number of rotatable bonds is 12. The van der Waals surface area contributed by atoms with Crippen molar-refractivity contribution in [3.63, 3.8) is 0 Å². The molecule has 0 aromatic heterocycles. The molecule has 0 N–H and O–H groups in total. The molecule has 4 aromatic rings. The second-order valence-electron chi connectivity index (χ2n) is 9.47. The summed E-state index contributed by atoms with van der Waals surface area (Å²) in [7, 11) is 0. The van der Waals surface area contributed by atoms with E-state index in [2.05, 4.69) is 0 Å². The third-order valence-electron chi connectivity index (χ3n) is 6.62. The second kappa shape index (κ2) is 14.3. The maximum absolute atomic E-state index is 6.59. The molecule has 0 saturated carbocycles. The molecule has 0 unspecified atom stereocenters. The first kappa shape index (κ1) is 27.4. The van der Waals surface area contributed by atoms with Gasteiger partial charge in [-0.15, -0.1) is 12.6 Å². The molecule has 4 aromatic carbocycles. The molecule has 1 heterocycles. The van der Waals surface area contributed by atoms with Crippen LogP contribution in [0.3, 0.4) is 0 Å². The SMILES string of the molecule is S[C@@H]1O[C@H](COc2ccccc2)[C@H](OCc2ccccc2)[C@H](OCc2ccccc2)[C@H]1OCc1ccccc1. The fraction of sp³-hybridized carbons (Fsp3) is 0.273. The molecule has 5 atom stereocenters. The third-order valence-corrected chi connectivity index (χ3v) is 7.04. The first-order valence-corrected chi connectivity index (χ1v) is 13.8. The molecule has 0 bridgehead atoms. The van der Waals surface area contributed by atoms with Crippen molar-refractivity contribution in [3.05, 3.63) is 138 Å². The summed E-state index contributed by atoms with van der Waals surface area (Å²) in [6.07, 6.45) is -1.79. The van der Waals surface area contributed by atoms with Crippen molar-refractivity contribution < 1.29 is 23.7 Å². The van der Waals surface area contributed by atoms with E-state index in [0.717, 1.165) is 22.4 Å². The van der Waals surface area contributed by atoms with Crippen LogP contribution in [0, 0.1) is 0 Å². The van der Waals surface area contributed by atoms with Gasteiger partial charge in [0, 0.05) is 0 Å². The van der Waals surface area contributed by atoms with Gasteiger partial charge in [-0.2, -0.15) is 0 Å². The Morgan fingerprint density at radius 3 is 1.41 bits per heavy atom. The van der Waals surface area contributed by atoms with Gasteiger partial charge in [-0.1, -0.05) is 109 Å². The van der Waals surface area contributed by atoms with E-state index in [0.29, 0.717) is 19.8 Å². The smallest absolute Gasteiger partial charge is 0.129 e. The summed E-state index contributed by atoms with van der Waals surface area (Å²) in [5.41, 5.74) is 2.67. The highest BCUT2D eigenvalue weighted by Crippen LogP contribution is 2.32. The Balaban J connectivity index is 1.38. The molecule has 1 fully saturated rings. The highest BCUT2D eigenvalue weighted by molar-refractivity contribution is 7.80. The maximum Gasteiger partial charge on any atom is 0.129 e. The van der Waals surface area contributed by atoms with E-state index in [1.54, 1.807) is 0 Å². The van der Waals surface area contributed by atoms with Gasteiger partial charge >= 0.3 is 0 Å². The van der Waals surface area contributed by atoms with Crippen LogP contribution in [0.1, 0.15) is 16.7 Å². The van der Waals surface area contributed by atoms with Crippen LogP contribution < -0.4 is 4.74 Å². The molecular weight excluding hydrogens is 508 g/mol. The minimum atomic E-state index is -0.532. The van der Waals surface area contributed by atoms with Crippen molar-refractivity contribution in [2.75, 3.05) is 6.61 Å². The minimum absolute atomic E-state index is 0.289. The van der Waals surface area contributed by atoms with Gasteiger partial charge < -0.3 is 23.7 Å². The van der Waals surface area contributed by atoms with Gasteiger partial charge in [-0.3, -0.25) is 0 Å². The van der Waals surface area contributed by atoms with E-state index >= 15 is 0 Å². The van der Waals surface area contributed by atoms with Crippen molar-refractivity contribution in [2.45, 2.75) is 49.7 Å². The van der Waals surface area contributed by atoms with Gasteiger partial charge in [0.1, 0.15) is 42.2 Å². The van der Waals surface area contributed by atoms with E-state index in [1.165, 1.54) is 0 Å². The molecule has 39 heavy (non-hydrogen) atoms. The normalized spacial score (nSPS) is 22.8. The van der Waals surface area contributed by atoms with Crippen LogP contribution in [0.15, 0.2) is 121 Å². The van der Waals surface area contributed by atoms with Gasteiger partial charge in [0.25, 0.3) is 0 Å². The second-order valence-corrected chi connectivity index (χ2v) is 9.98. The fourth-order valence-corrected chi connectivity index (χ4v) is 5.01. The van der Waals surface area contributed by atoms with Crippen molar-refractivity contribution in [1.82, 2.24) is 0 Å². The number of benzene rings is 4. The van der Waals surface area contributed by atoms with Gasteiger partial charge in [0.2, 0.25) is 0 Å². The van der Waals surface area contributed by atoms with Gasteiger partial charge in [0.15, 0.2) is 0 Å². The molecule has 5 rings (SSSR count). The Labute approximate surface area is 236 Å². The number of thiol groups is 1. The quantitative estimate of drug-likeness (QED) is 0.208. The standard InChI is InChI=1S/C33H34O5S/c39-33-32(37-23-27-17-9-3-10-18-27)31(36-22-26-15-7-2-8-16-26)30(35-21-25-13-5-1-6-14-25)29(38-33)24-34-28-19-11-4-12-20-28/h1-20,29-33,39H,21-24H2/t29-,30+,31+,32-,33+/m1/s1. The average Bonchev–Trinajstić information content (AvgIpc) is 3.00. The first-order chi connectivity index (χ1) is 19.3. The van der Waals surface area contributed by atoms with Crippen LogP contribution in [0.4, 0.5) is 0 Å². The summed E-state index contributed by atoms with van der Waals surface area (Å²) in [5, 5.41) is 0. The number of hydrogen-bond donors (Lipinski definition) is 1. The number of hydrogen-bond acceptors (Lipinski definition) is 6. The summed E-state index contributed by atoms with van der Waals surface area (Å²) in [4.78, 5) is 0. The zero-order chi connectivity index (χ0) is 26.7. The lowest BCUT2D eigenvalue weighted by molar-refractivity contribution is -0.250. The van der Waals surface area contributed by atoms with Crippen LogP contribution in [-0.2, 0) is 38.8 Å². The zero-order valence-electron chi connectivity index (χ0n) is 21.8. The monoisotopic (exact) mass is 542 g/mol. The molecule has 1 aliphatic heterocycles. The molecule has 0 aliphatic carbocycles. The molecule has 202 valence electrons. The van der Waals surface area contributed by atoms with Gasteiger partial charge in [0.05, 0.1) is 19.8 Å². The van der Waals surface area contributed by atoms with Crippen LogP contribution in [0.2, 0.25) is 0 Å². The fourth-order valence-electron chi connectivity index (χ4n) is 4.59. The molecule has 6 heteroatoms. The van der Waals surface area contributed by atoms with Crippen molar-refractivity contribution >= 4 is 12.6 Å². The zero-order valence-corrected chi connectivity index (χ0v) is 22.6. The van der Waals surface area contributed by atoms with Crippen molar-refractivity contribution in [1.29, 1.82) is 0 Å². The van der Waals surface area contributed by atoms with Gasteiger partial charge in [-0.25, -0.2) is 0 Å². The van der Waals surface area contributed by atoms with E-state index in [4.69, 9.17) is 36.3 Å². The molecule has 0 amide bonds. The lowest BCUT2D eigenvalue weighted by Crippen LogP contribution is -2.60. The van der Waals surface area contributed by atoms with Crippen LogP contribution in [0.5, 0.6) is 5.75 Å². The van der Waals surface area contributed by atoms with Crippen LogP contribution >= 0.6 is 12.6 Å². The van der Waals surface area contributed by atoms with E-state index in [-0.39, 0.29) is 6.61 Å². The highest BCUT2D eigenvalue weighted by Gasteiger charge is 2.47. The molecule has 0 spiro atoms.